The first kappa shape index (κ1) is 25.3. The van der Waals surface area contributed by atoms with Crippen molar-refractivity contribution in [3.8, 4) is 32.7 Å². The third kappa shape index (κ3) is 3.61. The molecule has 0 amide bonds. The summed E-state index contributed by atoms with van der Waals surface area (Å²) in [5.74, 6) is 0. The molecule has 1 nitrogen and oxygen atoms in total. The minimum Gasteiger partial charge on any atom is -0.308 e. The molecule has 8 rings (SSSR count). The Hall–Kier alpha value is -4.40. The van der Waals surface area contributed by atoms with E-state index in [9.17, 15) is 0 Å². The third-order valence-corrected chi connectivity index (χ3v) is 10.9. The van der Waals surface area contributed by atoms with Crippen LogP contribution in [0.4, 0.5) is 17.1 Å². The maximum atomic E-state index is 2.56. The molecule has 0 atom stereocenters. The predicted molar refractivity (Wildman–Crippen MR) is 180 cm³/mol. The number of para-hydroxylation sites is 2. The fraction of sp³-hybridized carbons (Fsp3) is 0.150. The lowest BCUT2D eigenvalue weighted by molar-refractivity contribution is 0.604. The van der Waals surface area contributed by atoms with E-state index in [0.717, 1.165) is 0 Å². The van der Waals surface area contributed by atoms with Crippen LogP contribution in [-0.2, 0) is 10.8 Å². The molecule has 2 aliphatic heterocycles. The minimum absolute atomic E-state index is 0.0700. The SMILES string of the molecule is CC1(C)c2ccccc2N2c3cc(-c4cc(-c5ccccc5)cc(-c5ccccc5)c4)sc3C(C)(C)c3cccc1c32. The van der Waals surface area contributed by atoms with Crippen LogP contribution in [0.2, 0.25) is 0 Å². The molecular weight excluding hydrogens is 527 g/mol. The molecule has 0 radical (unpaired) electrons. The topological polar surface area (TPSA) is 3.24 Å². The first-order chi connectivity index (χ1) is 20.3. The van der Waals surface area contributed by atoms with Crippen LogP contribution in [0.15, 0.2) is 127 Å². The van der Waals surface area contributed by atoms with Crippen LogP contribution in [-0.4, -0.2) is 0 Å². The maximum absolute atomic E-state index is 2.56. The van der Waals surface area contributed by atoms with Gasteiger partial charge in [0.2, 0.25) is 0 Å². The second-order valence-electron chi connectivity index (χ2n) is 12.7. The van der Waals surface area contributed by atoms with Gasteiger partial charge in [-0.05, 0) is 74.8 Å². The summed E-state index contributed by atoms with van der Waals surface area (Å²) < 4.78 is 0. The highest BCUT2D eigenvalue weighted by Crippen LogP contribution is 2.62. The fourth-order valence-electron chi connectivity index (χ4n) is 7.13. The molecule has 0 bridgehead atoms. The van der Waals surface area contributed by atoms with Crippen LogP contribution in [0.1, 0.15) is 49.3 Å². The van der Waals surface area contributed by atoms with Crippen LogP contribution in [0, 0.1) is 0 Å². The Kier molecular flexibility index (Phi) is 5.45. The Morgan fingerprint density at radius 2 is 0.976 bits per heavy atom. The van der Waals surface area contributed by atoms with Crippen molar-refractivity contribution < 1.29 is 0 Å². The number of rotatable bonds is 3. The summed E-state index contributed by atoms with van der Waals surface area (Å²) in [6.45, 7) is 9.56. The van der Waals surface area contributed by atoms with Crippen molar-refractivity contribution in [1.29, 1.82) is 0 Å². The van der Waals surface area contributed by atoms with Gasteiger partial charge in [0.25, 0.3) is 0 Å². The molecule has 5 aromatic carbocycles. The van der Waals surface area contributed by atoms with E-state index in [-0.39, 0.29) is 10.8 Å². The van der Waals surface area contributed by atoms with Crippen molar-refractivity contribution in [3.05, 3.63) is 149 Å². The van der Waals surface area contributed by atoms with Gasteiger partial charge in [0.1, 0.15) is 0 Å². The van der Waals surface area contributed by atoms with Crippen molar-refractivity contribution >= 4 is 28.4 Å². The Morgan fingerprint density at radius 1 is 0.452 bits per heavy atom. The van der Waals surface area contributed by atoms with Crippen molar-refractivity contribution in [2.45, 2.75) is 38.5 Å². The van der Waals surface area contributed by atoms with Gasteiger partial charge in [0, 0.05) is 20.6 Å². The van der Waals surface area contributed by atoms with Crippen LogP contribution in [0.5, 0.6) is 0 Å². The lowest BCUT2D eigenvalue weighted by atomic mass is 9.68. The molecule has 1 aromatic heterocycles. The van der Waals surface area contributed by atoms with Gasteiger partial charge in [-0.3, -0.25) is 0 Å². The highest BCUT2D eigenvalue weighted by molar-refractivity contribution is 7.16. The number of benzene rings is 5. The third-order valence-electron chi connectivity index (χ3n) is 9.38. The minimum atomic E-state index is -0.109. The van der Waals surface area contributed by atoms with Crippen LogP contribution in [0.3, 0.4) is 0 Å². The van der Waals surface area contributed by atoms with E-state index in [4.69, 9.17) is 0 Å². The second-order valence-corrected chi connectivity index (χ2v) is 13.7. The largest absolute Gasteiger partial charge is 0.308 e. The van der Waals surface area contributed by atoms with Gasteiger partial charge in [-0.25, -0.2) is 0 Å². The smallest absolute Gasteiger partial charge is 0.0616 e. The van der Waals surface area contributed by atoms with E-state index in [1.807, 2.05) is 11.3 Å². The summed E-state index contributed by atoms with van der Waals surface area (Å²) in [7, 11) is 0. The number of anilines is 3. The second kappa shape index (κ2) is 9.05. The van der Waals surface area contributed by atoms with Crippen molar-refractivity contribution in [3.63, 3.8) is 0 Å². The molecule has 204 valence electrons. The van der Waals surface area contributed by atoms with Crippen LogP contribution < -0.4 is 4.90 Å². The van der Waals surface area contributed by atoms with Gasteiger partial charge < -0.3 is 4.90 Å². The fourth-order valence-corrected chi connectivity index (χ4v) is 8.38. The zero-order chi connectivity index (χ0) is 28.6. The average molecular weight is 560 g/mol. The first-order valence-corrected chi connectivity index (χ1v) is 15.6. The molecular formula is C40H33NS. The maximum Gasteiger partial charge on any atom is 0.0616 e. The highest BCUT2D eigenvalue weighted by Gasteiger charge is 2.46. The molecule has 0 saturated carbocycles. The number of hydrogen-bond acceptors (Lipinski definition) is 2. The van der Waals surface area contributed by atoms with E-state index < -0.39 is 0 Å². The molecule has 0 aliphatic carbocycles. The predicted octanol–water partition coefficient (Wildman–Crippen LogP) is 11.5. The average Bonchev–Trinajstić information content (AvgIpc) is 3.48. The lowest BCUT2D eigenvalue weighted by Gasteiger charge is -2.48. The van der Waals surface area contributed by atoms with Gasteiger partial charge in [-0.15, -0.1) is 11.3 Å². The summed E-state index contributed by atoms with van der Waals surface area (Å²) in [6.07, 6.45) is 0. The zero-order valence-electron chi connectivity index (χ0n) is 24.5. The lowest BCUT2D eigenvalue weighted by Crippen LogP contribution is -2.37. The molecule has 0 unspecified atom stereocenters. The van der Waals surface area contributed by atoms with E-state index in [0.29, 0.717) is 0 Å². The summed E-state index contributed by atoms with van der Waals surface area (Å²) in [5.41, 5.74) is 14.2. The van der Waals surface area contributed by atoms with E-state index >= 15 is 0 Å². The molecule has 6 aromatic rings. The summed E-state index contributed by atoms with van der Waals surface area (Å²) in [4.78, 5) is 5.29. The molecule has 0 fully saturated rings. The molecule has 42 heavy (non-hydrogen) atoms. The summed E-state index contributed by atoms with van der Waals surface area (Å²) in [5, 5.41) is 0. The number of fused-ring (bicyclic) bond motifs is 4. The van der Waals surface area contributed by atoms with Gasteiger partial charge in [-0.1, -0.05) is 125 Å². The van der Waals surface area contributed by atoms with Gasteiger partial charge in [-0.2, -0.15) is 0 Å². The number of hydrogen-bond donors (Lipinski definition) is 0. The van der Waals surface area contributed by atoms with Crippen LogP contribution >= 0.6 is 11.3 Å². The Morgan fingerprint density at radius 3 is 1.62 bits per heavy atom. The standard InChI is InChI=1S/C40H33NS/c1-39(2)31-18-11-12-21-34(31)41-35-25-36(42-38(35)40(3,4)33-20-13-19-32(39)37(33)41)30-23-28(26-14-7-5-8-15-26)22-29(24-30)27-16-9-6-10-17-27/h5-25H,1-4H3. The molecule has 0 saturated heterocycles. The summed E-state index contributed by atoms with van der Waals surface area (Å²) in [6, 6.07) is 47.0. The Balaban J connectivity index is 1.37. The normalized spacial score (nSPS) is 15.5. The number of thiophene rings is 1. The van der Waals surface area contributed by atoms with E-state index in [2.05, 4.69) is 160 Å². The van der Waals surface area contributed by atoms with Crippen molar-refractivity contribution in [2.24, 2.45) is 0 Å². The zero-order valence-corrected chi connectivity index (χ0v) is 25.3. The van der Waals surface area contributed by atoms with Crippen molar-refractivity contribution in [1.82, 2.24) is 0 Å². The molecule has 0 N–H and O–H groups in total. The van der Waals surface area contributed by atoms with E-state index in [1.54, 1.807) is 0 Å². The number of nitrogens with zero attached hydrogens (tertiary/aromatic N) is 1. The molecule has 0 spiro atoms. The van der Waals surface area contributed by atoms with Gasteiger partial charge in [0.05, 0.1) is 17.1 Å². The quantitative estimate of drug-likeness (QED) is 0.208. The van der Waals surface area contributed by atoms with Crippen LogP contribution in [0.25, 0.3) is 32.7 Å². The highest BCUT2D eigenvalue weighted by atomic mass is 32.1. The molecule has 3 heterocycles. The van der Waals surface area contributed by atoms with Gasteiger partial charge >= 0.3 is 0 Å². The molecule has 2 heteroatoms. The van der Waals surface area contributed by atoms with Gasteiger partial charge in [0.15, 0.2) is 0 Å². The Bertz CT molecular complexity index is 1920. The summed E-state index contributed by atoms with van der Waals surface area (Å²) >= 11 is 1.95. The molecule has 2 aliphatic rings. The Labute approximate surface area is 252 Å². The monoisotopic (exact) mass is 559 g/mol. The van der Waals surface area contributed by atoms with E-state index in [1.165, 1.54) is 71.3 Å². The first-order valence-electron chi connectivity index (χ1n) is 14.8. The van der Waals surface area contributed by atoms with Crippen molar-refractivity contribution in [2.75, 3.05) is 4.90 Å².